The van der Waals surface area contributed by atoms with Gasteiger partial charge in [0.25, 0.3) is 5.56 Å². The van der Waals surface area contributed by atoms with Gasteiger partial charge in [-0.2, -0.15) is 0 Å². The molecular formula is C22H18N2O3. The van der Waals surface area contributed by atoms with Gasteiger partial charge in [0.1, 0.15) is 5.52 Å². The molecule has 2 N–H and O–H groups in total. The van der Waals surface area contributed by atoms with Crippen LogP contribution in [0.2, 0.25) is 0 Å². The lowest BCUT2D eigenvalue weighted by Gasteiger charge is -2.05. The van der Waals surface area contributed by atoms with Gasteiger partial charge in [0.05, 0.1) is 12.2 Å². The zero-order chi connectivity index (χ0) is 18.8. The molecule has 2 aromatic carbocycles. The number of carbonyl (C=O) groups excluding carboxylic acids is 1. The van der Waals surface area contributed by atoms with Crippen LogP contribution >= 0.6 is 0 Å². The number of H-pyrrole nitrogens is 2. The van der Waals surface area contributed by atoms with E-state index in [2.05, 4.69) is 9.97 Å². The van der Waals surface area contributed by atoms with Crippen LogP contribution in [0.15, 0.2) is 59.5 Å². The van der Waals surface area contributed by atoms with Gasteiger partial charge in [-0.3, -0.25) is 4.79 Å². The zero-order valence-corrected chi connectivity index (χ0v) is 14.8. The Balaban J connectivity index is 1.88. The Bertz CT molecular complexity index is 1220. The summed E-state index contributed by atoms with van der Waals surface area (Å²) in [5, 5.41) is 1.38. The van der Waals surface area contributed by atoms with Gasteiger partial charge in [0.2, 0.25) is 0 Å². The Kier molecular flexibility index (Phi) is 4.34. The second-order valence-corrected chi connectivity index (χ2v) is 6.18. The van der Waals surface area contributed by atoms with Gasteiger partial charge in [-0.25, -0.2) is 4.79 Å². The fourth-order valence-electron chi connectivity index (χ4n) is 3.17. The van der Waals surface area contributed by atoms with E-state index in [-0.39, 0.29) is 12.2 Å². The van der Waals surface area contributed by atoms with Crippen molar-refractivity contribution in [2.24, 2.45) is 0 Å². The third-order valence-electron chi connectivity index (χ3n) is 4.43. The van der Waals surface area contributed by atoms with Crippen molar-refractivity contribution in [2.75, 3.05) is 6.61 Å². The monoisotopic (exact) mass is 358 g/mol. The van der Waals surface area contributed by atoms with Crippen LogP contribution in [0.25, 0.3) is 34.0 Å². The lowest BCUT2D eigenvalue weighted by molar-refractivity contribution is 0.0529. The van der Waals surface area contributed by atoms with Crippen LogP contribution in [-0.2, 0) is 4.74 Å². The molecule has 0 atom stereocenters. The average Bonchev–Trinajstić information content (AvgIpc) is 3.14. The van der Waals surface area contributed by atoms with Crippen molar-refractivity contribution in [3.8, 4) is 0 Å². The van der Waals surface area contributed by atoms with Crippen molar-refractivity contribution in [3.05, 3.63) is 81.8 Å². The van der Waals surface area contributed by atoms with Gasteiger partial charge in [-0.15, -0.1) is 0 Å². The molecule has 0 aliphatic rings. The van der Waals surface area contributed by atoms with E-state index in [0.29, 0.717) is 22.0 Å². The molecule has 4 aromatic rings. The van der Waals surface area contributed by atoms with E-state index < -0.39 is 5.97 Å². The van der Waals surface area contributed by atoms with Crippen LogP contribution in [0.4, 0.5) is 0 Å². The van der Waals surface area contributed by atoms with Gasteiger partial charge < -0.3 is 14.7 Å². The first-order valence-corrected chi connectivity index (χ1v) is 8.74. The number of aromatic nitrogens is 2. The molecule has 27 heavy (non-hydrogen) atoms. The summed E-state index contributed by atoms with van der Waals surface area (Å²) in [7, 11) is 0. The molecule has 0 bridgehead atoms. The van der Waals surface area contributed by atoms with E-state index >= 15 is 0 Å². The van der Waals surface area contributed by atoms with E-state index in [0.717, 1.165) is 16.5 Å². The lowest BCUT2D eigenvalue weighted by atomic mass is 10.0. The summed E-state index contributed by atoms with van der Waals surface area (Å²) in [6.45, 7) is 2.03. The minimum absolute atomic E-state index is 0.263. The maximum absolute atomic E-state index is 12.3. The number of rotatable bonds is 4. The van der Waals surface area contributed by atoms with Crippen molar-refractivity contribution in [1.82, 2.24) is 9.97 Å². The Labute approximate surface area is 155 Å². The van der Waals surface area contributed by atoms with Crippen molar-refractivity contribution < 1.29 is 9.53 Å². The fourth-order valence-corrected chi connectivity index (χ4v) is 3.17. The number of pyridine rings is 1. The number of nitrogens with one attached hydrogen (secondary N) is 2. The fraction of sp³-hybridized carbons (Fsp3) is 0.0909. The predicted octanol–water partition coefficient (Wildman–Crippen LogP) is 4.36. The first-order valence-electron chi connectivity index (χ1n) is 8.74. The molecule has 0 aliphatic carbocycles. The summed E-state index contributed by atoms with van der Waals surface area (Å²) in [6.07, 6.45) is 5.56. The Morgan fingerprint density at radius 2 is 1.85 bits per heavy atom. The minimum atomic E-state index is -0.444. The van der Waals surface area contributed by atoms with E-state index in [4.69, 9.17) is 4.74 Å². The normalized spacial score (nSPS) is 11.4. The van der Waals surface area contributed by atoms with Crippen LogP contribution in [0.5, 0.6) is 0 Å². The molecule has 134 valence electrons. The molecule has 2 heterocycles. The maximum atomic E-state index is 12.3. The summed E-state index contributed by atoms with van der Waals surface area (Å²) < 4.78 is 5.13. The highest BCUT2D eigenvalue weighted by molar-refractivity contribution is 6.15. The van der Waals surface area contributed by atoms with Crippen LogP contribution in [-0.4, -0.2) is 22.5 Å². The van der Waals surface area contributed by atoms with Gasteiger partial charge >= 0.3 is 5.97 Å². The number of aromatic amines is 2. The number of carbonyl (C=O) groups is 1. The smallest absolute Gasteiger partial charge is 0.340 e. The largest absolute Gasteiger partial charge is 0.462 e. The van der Waals surface area contributed by atoms with Crippen molar-refractivity contribution in [3.63, 3.8) is 0 Å². The third-order valence-corrected chi connectivity index (χ3v) is 4.43. The molecule has 5 nitrogen and oxygen atoms in total. The molecule has 0 unspecified atom stereocenters. The number of esters is 1. The molecule has 0 spiro atoms. The van der Waals surface area contributed by atoms with Crippen LogP contribution in [0, 0.1) is 0 Å². The van der Waals surface area contributed by atoms with Gasteiger partial charge in [-0.1, -0.05) is 48.6 Å². The molecule has 0 fully saturated rings. The number of ether oxygens (including phenoxy) is 1. The van der Waals surface area contributed by atoms with E-state index in [1.54, 1.807) is 6.92 Å². The molecule has 5 heteroatoms. The second-order valence-electron chi connectivity index (χ2n) is 6.18. The highest BCUT2D eigenvalue weighted by Crippen LogP contribution is 2.26. The quantitative estimate of drug-likeness (QED) is 0.420. The van der Waals surface area contributed by atoms with Gasteiger partial charge in [0, 0.05) is 22.5 Å². The predicted molar refractivity (Wildman–Crippen MR) is 108 cm³/mol. The van der Waals surface area contributed by atoms with Crippen molar-refractivity contribution in [1.29, 1.82) is 0 Å². The van der Waals surface area contributed by atoms with E-state index in [1.165, 1.54) is 6.20 Å². The summed E-state index contributed by atoms with van der Waals surface area (Å²) in [5.41, 5.74) is 3.21. The second kappa shape index (κ2) is 6.96. The SMILES string of the molecule is CCOC(=O)c1c[nH]c2c(=O)[nH]c3ccc(/C=C/c4ccccc4)cc3c12. The third kappa shape index (κ3) is 3.15. The molecule has 0 amide bonds. The van der Waals surface area contributed by atoms with Crippen molar-refractivity contribution in [2.45, 2.75) is 6.92 Å². The molecular weight excluding hydrogens is 340 g/mol. The highest BCUT2D eigenvalue weighted by atomic mass is 16.5. The highest BCUT2D eigenvalue weighted by Gasteiger charge is 2.17. The van der Waals surface area contributed by atoms with Gasteiger partial charge in [-0.05, 0) is 30.2 Å². The minimum Gasteiger partial charge on any atom is -0.462 e. The summed E-state index contributed by atoms with van der Waals surface area (Å²) in [4.78, 5) is 30.4. The molecule has 0 saturated heterocycles. The van der Waals surface area contributed by atoms with Crippen LogP contribution in [0.3, 0.4) is 0 Å². The number of benzene rings is 2. The first kappa shape index (κ1) is 16.8. The molecule has 0 aliphatic heterocycles. The molecule has 2 aromatic heterocycles. The topological polar surface area (TPSA) is 75.0 Å². The van der Waals surface area contributed by atoms with E-state index in [9.17, 15) is 9.59 Å². The number of hydrogen-bond acceptors (Lipinski definition) is 3. The Hall–Kier alpha value is -3.60. The van der Waals surface area contributed by atoms with Crippen LogP contribution in [0.1, 0.15) is 28.4 Å². The number of hydrogen-bond donors (Lipinski definition) is 2. The Morgan fingerprint density at radius 3 is 2.63 bits per heavy atom. The molecule has 4 rings (SSSR count). The molecule has 0 radical (unpaired) electrons. The Morgan fingerprint density at radius 1 is 1.07 bits per heavy atom. The first-order chi connectivity index (χ1) is 13.2. The summed E-state index contributed by atoms with van der Waals surface area (Å²) in [5.74, 6) is -0.444. The molecule has 0 saturated carbocycles. The average molecular weight is 358 g/mol. The maximum Gasteiger partial charge on any atom is 0.340 e. The zero-order valence-electron chi connectivity index (χ0n) is 14.8. The van der Waals surface area contributed by atoms with E-state index in [1.807, 2.05) is 60.7 Å². The lowest BCUT2D eigenvalue weighted by Crippen LogP contribution is -2.08. The van der Waals surface area contributed by atoms with Crippen molar-refractivity contribution >= 4 is 39.9 Å². The van der Waals surface area contributed by atoms with Crippen LogP contribution < -0.4 is 5.56 Å². The summed E-state index contributed by atoms with van der Waals surface area (Å²) in [6, 6.07) is 15.7. The van der Waals surface area contributed by atoms with Gasteiger partial charge in [0.15, 0.2) is 0 Å². The standard InChI is InChI=1S/C22H18N2O3/c1-2-27-22(26)17-13-23-20-19(17)16-12-15(10-11-18(16)24-21(20)25)9-8-14-6-4-3-5-7-14/h3-13,23H,2H2,1H3,(H,24,25)/b9-8+. The summed E-state index contributed by atoms with van der Waals surface area (Å²) >= 11 is 0. The number of fused-ring (bicyclic) bond motifs is 3.